The summed E-state index contributed by atoms with van der Waals surface area (Å²) < 4.78 is 15.7. The van der Waals surface area contributed by atoms with Crippen LogP contribution in [0.25, 0.3) is 0 Å². The standard InChI is InChI=1S/C14H22N2O4/c1-16(2)7-6-15-14(17)10-8-11(18-3)13(20-5)12(9-10)19-4/h8-9H,6-7H2,1-5H3,(H,15,17). The number of carbonyl (C=O) groups is 1. The molecule has 20 heavy (non-hydrogen) atoms. The summed E-state index contributed by atoms with van der Waals surface area (Å²) in [6.07, 6.45) is 0. The number of nitrogens with zero attached hydrogens (tertiary/aromatic N) is 1. The van der Waals surface area contributed by atoms with Gasteiger partial charge in [0.15, 0.2) is 11.5 Å². The van der Waals surface area contributed by atoms with E-state index in [9.17, 15) is 4.79 Å². The maximum atomic E-state index is 12.1. The number of nitrogens with one attached hydrogen (secondary N) is 1. The average Bonchev–Trinajstić information content (AvgIpc) is 2.44. The van der Waals surface area contributed by atoms with Crippen LogP contribution in [0.1, 0.15) is 10.4 Å². The van der Waals surface area contributed by atoms with Gasteiger partial charge in [-0.3, -0.25) is 4.79 Å². The van der Waals surface area contributed by atoms with Crippen LogP contribution in [-0.2, 0) is 0 Å². The van der Waals surface area contributed by atoms with E-state index in [1.807, 2.05) is 19.0 Å². The molecule has 1 amide bonds. The lowest BCUT2D eigenvalue weighted by molar-refractivity contribution is 0.0950. The molecule has 0 aliphatic carbocycles. The van der Waals surface area contributed by atoms with E-state index in [4.69, 9.17) is 14.2 Å². The lowest BCUT2D eigenvalue weighted by Gasteiger charge is -2.14. The third-order valence-electron chi connectivity index (χ3n) is 2.77. The van der Waals surface area contributed by atoms with Gasteiger partial charge >= 0.3 is 0 Å². The number of carbonyl (C=O) groups excluding carboxylic acids is 1. The Labute approximate surface area is 119 Å². The normalized spacial score (nSPS) is 10.3. The Morgan fingerprint density at radius 1 is 1.10 bits per heavy atom. The molecule has 112 valence electrons. The Balaban J connectivity index is 2.92. The Morgan fingerprint density at radius 3 is 2.05 bits per heavy atom. The van der Waals surface area contributed by atoms with Crippen molar-refractivity contribution in [1.29, 1.82) is 0 Å². The summed E-state index contributed by atoms with van der Waals surface area (Å²) in [6, 6.07) is 3.26. The molecule has 0 saturated heterocycles. The summed E-state index contributed by atoms with van der Waals surface area (Å²) in [4.78, 5) is 14.1. The minimum absolute atomic E-state index is 0.175. The lowest BCUT2D eigenvalue weighted by atomic mass is 10.1. The molecule has 1 aromatic carbocycles. The van der Waals surface area contributed by atoms with Gasteiger partial charge in [-0.05, 0) is 26.2 Å². The average molecular weight is 282 g/mol. The lowest BCUT2D eigenvalue weighted by Crippen LogP contribution is -2.31. The molecular weight excluding hydrogens is 260 g/mol. The summed E-state index contributed by atoms with van der Waals surface area (Å²) in [5.74, 6) is 1.22. The highest BCUT2D eigenvalue weighted by Gasteiger charge is 2.16. The Bertz CT molecular complexity index is 435. The molecule has 0 heterocycles. The molecule has 1 aromatic rings. The Morgan fingerprint density at radius 2 is 1.65 bits per heavy atom. The predicted octanol–water partition coefficient (Wildman–Crippen LogP) is 1.00. The molecule has 0 unspecified atom stereocenters. The SMILES string of the molecule is COc1cc(C(=O)NCCN(C)C)cc(OC)c1OC. The third-order valence-corrected chi connectivity index (χ3v) is 2.77. The fourth-order valence-corrected chi connectivity index (χ4v) is 1.71. The second-order valence-electron chi connectivity index (χ2n) is 4.47. The number of rotatable bonds is 7. The van der Waals surface area contributed by atoms with Crippen LogP contribution in [0.2, 0.25) is 0 Å². The van der Waals surface area contributed by atoms with Crippen LogP contribution in [0, 0.1) is 0 Å². The summed E-state index contributed by atoms with van der Waals surface area (Å²) in [7, 11) is 8.46. The predicted molar refractivity (Wildman–Crippen MR) is 77.0 cm³/mol. The third kappa shape index (κ3) is 4.03. The Hall–Kier alpha value is -1.95. The van der Waals surface area contributed by atoms with E-state index in [-0.39, 0.29) is 5.91 Å². The van der Waals surface area contributed by atoms with Crippen LogP contribution in [0.3, 0.4) is 0 Å². The number of hydrogen-bond donors (Lipinski definition) is 1. The van der Waals surface area contributed by atoms with Crippen molar-refractivity contribution < 1.29 is 19.0 Å². The summed E-state index contributed by atoms with van der Waals surface area (Å²) in [5, 5.41) is 2.84. The molecule has 1 rings (SSSR count). The molecule has 0 bridgehead atoms. The number of amides is 1. The number of likely N-dealkylation sites (N-methyl/N-ethyl adjacent to an activating group) is 1. The van der Waals surface area contributed by atoms with E-state index in [1.165, 1.54) is 21.3 Å². The molecule has 0 aliphatic rings. The van der Waals surface area contributed by atoms with E-state index < -0.39 is 0 Å². The van der Waals surface area contributed by atoms with Gasteiger partial charge in [0.05, 0.1) is 21.3 Å². The molecule has 0 aliphatic heterocycles. The van der Waals surface area contributed by atoms with Crippen LogP contribution in [0.4, 0.5) is 0 Å². The van der Waals surface area contributed by atoms with Crippen LogP contribution in [0.5, 0.6) is 17.2 Å². The number of benzene rings is 1. The largest absolute Gasteiger partial charge is 0.493 e. The van der Waals surface area contributed by atoms with Crippen molar-refractivity contribution in [2.75, 3.05) is 48.5 Å². The van der Waals surface area contributed by atoms with E-state index in [2.05, 4.69) is 5.32 Å². The first-order valence-corrected chi connectivity index (χ1v) is 6.26. The second-order valence-corrected chi connectivity index (χ2v) is 4.47. The zero-order valence-corrected chi connectivity index (χ0v) is 12.6. The zero-order valence-electron chi connectivity index (χ0n) is 12.6. The highest BCUT2D eigenvalue weighted by Crippen LogP contribution is 2.38. The summed E-state index contributed by atoms with van der Waals surface area (Å²) >= 11 is 0. The van der Waals surface area contributed by atoms with E-state index in [1.54, 1.807) is 12.1 Å². The topological polar surface area (TPSA) is 60.0 Å². The maximum absolute atomic E-state index is 12.1. The van der Waals surface area contributed by atoms with Crippen LogP contribution < -0.4 is 19.5 Å². The van der Waals surface area contributed by atoms with Gasteiger partial charge in [0.1, 0.15) is 0 Å². The molecule has 0 radical (unpaired) electrons. The van der Waals surface area contributed by atoms with Crippen molar-refractivity contribution in [3.05, 3.63) is 17.7 Å². The minimum atomic E-state index is -0.175. The Kier molecular flexibility index (Phi) is 6.11. The van der Waals surface area contributed by atoms with Crippen molar-refractivity contribution in [1.82, 2.24) is 10.2 Å². The van der Waals surface area contributed by atoms with Crippen molar-refractivity contribution in [3.8, 4) is 17.2 Å². The van der Waals surface area contributed by atoms with E-state index in [0.29, 0.717) is 29.4 Å². The molecule has 0 spiro atoms. The molecule has 0 aromatic heterocycles. The van der Waals surface area contributed by atoms with Crippen molar-refractivity contribution >= 4 is 5.91 Å². The first-order valence-electron chi connectivity index (χ1n) is 6.26. The molecule has 6 heteroatoms. The first kappa shape index (κ1) is 16.1. The minimum Gasteiger partial charge on any atom is -0.493 e. The smallest absolute Gasteiger partial charge is 0.251 e. The number of ether oxygens (including phenoxy) is 3. The maximum Gasteiger partial charge on any atom is 0.251 e. The van der Waals surface area contributed by atoms with Gasteiger partial charge < -0.3 is 24.4 Å². The van der Waals surface area contributed by atoms with E-state index in [0.717, 1.165) is 6.54 Å². The fraction of sp³-hybridized carbons (Fsp3) is 0.500. The van der Waals surface area contributed by atoms with Crippen molar-refractivity contribution in [3.63, 3.8) is 0 Å². The van der Waals surface area contributed by atoms with Gasteiger partial charge in [-0.15, -0.1) is 0 Å². The highest BCUT2D eigenvalue weighted by atomic mass is 16.5. The van der Waals surface area contributed by atoms with Gasteiger partial charge in [-0.1, -0.05) is 0 Å². The first-order chi connectivity index (χ1) is 9.53. The molecular formula is C14H22N2O4. The second kappa shape index (κ2) is 7.59. The quantitative estimate of drug-likeness (QED) is 0.808. The molecule has 0 saturated carbocycles. The van der Waals surface area contributed by atoms with Gasteiger partial charge in [0, 0.05) is 18.7 Å². The number of hydrogen-bond acceptors (Lipinski definition) is 5. The molecule has 0 atom stereocenters. The highest BCUT2D eigenvalue weighted by molar-refractivity contribution is 5.95. The zero-order chi connectivity index (χ0) is 15.1. The van der Waals surface area contributed by atoms with Gasteiger partial charge in [-0.2, -0.15) is 0 Å². The van der Waals surface area contributed by atoms with Gasteiger partial charge in [0.2, 0.25) is 5.75 Å². The summed E-state index contributed by atoms with van der Waals surface area (Å²) in [5.41, 5.74) is 0.471. The molecule has 6 nitrogen and oxygen atoms in total. The molecule has 1 N–H and O–H groups in total. The molecule has 0 fully saturated rings. The number of methoxy groups -OCH3 is 3. The van der Waals surface area contributed by atoms with E-state index >= 15 is 0 Å². The van der Waals surface area contributed by atoms with Crippen molar-refractivity contribution in [2.24, 2.45) is 0 Å². The van der Waals surface area contributed by atoms with Crippen LogP contribution in [0.15, 0.2) is 12.1 Å². The van der Waals surface area contributed by atoms with Gasteiger partial charge in [0.25, 0.3) is 5.91 Å². The monoisotopic (exact) mass is 282 g/mol. The summed E-state index contributed by atoms with van der Waals surface area (Å²) in [6.45, 7) is 1.35. The fourth-order valence-electron chi connectivity index (χ4n) is 1.71. The van der Waals surface area contributed by atoms with Gasteiger partial charge in [-0.25, -0.2) is 0 Å². The van der Waals surface area contributed by atoms with Crippen LogP contribution in [-0.4, -0.2) is 59.3 Å². The van der Waals surface area contributed by atoms with Crippen LogP contribution >= 0.6 is 0 Å². The van der Waals surface area contributed by atoms with Crippen molar-refractivity contribution in [2.45, 2.75) is 0 Å².